The average molecular weight is 401 g/mol. The molecular weight excluding hydrogens is 380 g/mol. The Balaban J connectivity index is 1.93. The molecule has 1 fully saturated rings. The van der Waals surface area contributed by atoms with Crippen LogP contribution < -0.4 is 4.72 Å². The maximum Gasteiger partial charge on any atom is 0.243 e. The van der Waals surface area contributed by atoms with Crippen molar-refractivity contribution in [3.63, 3.8) is 0 Å². The summed E-state index contributed by atoms with van der Waals surface area (Å²) in [5.74, 6) is 0. The van der Waals surface area contributed by atoms with Gasteiger partial charge in [-0.3, -0.25) is 0 Å². The van der Waals surface area contributed by atoms with Gasteiger partial charge >= 0.3 is 0 Å². The molecule has 2 aromatic carbocycles. The van der Waals surface area contributed by atoms with Gasteiger partial charge in [-0.25, -0.2) is 21.6 Å². The molecule has 1 aliphatic rings. The van der Waals surface area contributed by atoms with Crippen LogP contribution in [0.15, 0.2) is 47.4 Å². The van der Waals surface area contributed by atoms with Gasteiger partial charge in [0, 0.05) is 24.4 Å². The van der Waals surface area contributed by atoms with Crippen LogP contribution in [-0.4, -0.2) is 51.8 Å². The van der Waals surface area contributed by atoms with Crippen LogP contribution in [0.3, 0.4) is 0 Å². The fourth-order valence-corrected chi connectivity index (χ4v) is 5.79. The second-order valence-corrected chi connectivity index (χ2v) is 10.7. The fraction of sp³-hybridized carbons (Fsp3) is 0.375. The molecule has 2 atom stereocenters. The van der Waals surface area contributed by atoms with E-state index in [2.05, 4.69) is 17.4 Å². The maximum absolute atomic E-state index is 13.1. The van der Waals surface area contributed by atoms with Crippen LogP contribution in [0, 0.1) is 0 Å². The number of benzene rings is 2. The molecule has 0 bridgehead atoms. The van der Waals surface area contributed by atoms with Crippen LogP contribution in [0.25, 0.3) is 10.8 Å². The molecule has 1 aliphatic heterocycles. The molecule has 0 aliphatic carbocycles. The van der Waals surface area contributed by atoms with Crippen molar-refractivity contribution in [2.45, 2.75) is 22.6 Å². The fourth-order valence-electron chi connectivity index (χ4n) is 3.05. The molecule has 9 heteroatoms. The monoisotopic (exact) mass is 400 g/mol. The highest BCUT2D eigenvalue weighted by molar-refractivity contribution is 7.89. The van der Waals surface area contributed by atoms with E-state index in [-0.39, 0.29) is 23.2 Å². The first kappa shape index (κ1) is 18.7. The zero-order valence-electron chi connectivity index (χ0n) is 13.7. The Labute approximate surface area is 153 Å². The van der Waals surface area contributed by atoms with E-state index in [9.17, 15) is 16.8 Å². The average Bonchev–Trinajstić information content (AvgIpc) is 2.93. The summed E-state index contributed by atoms with van der Waals surface area (Å²) in [5, 5.41) is 1.68. The molecule has 0 radical (unpaired) electrons. The van der Waals surface area contributed by atoms with Crippen molar-refractivity contribution in [2.75, 3.05) is 19.3 Å². The van der Waals surface area contributed by atoms with Crippen molar-refractivity contribution in [1.29, 1.82) is 0 Å². The Hall–Kier alpha value is -1.13. The summed E-state index contributed by atoms with van der Waals surface area (Å²) in [6.07, 6.45) is 1.56. The van der Waals surface area contributed by atoms with Crippen molar-refractivity contribution < 1.29 is 16.8 Å². The number of nitrogens with one attached hydrogen (secondary N) is 1. The Morgan fingerprint density at radius 3 is 2.48 bits per heavy atom. The van der Waals surface area contributed by atoms with E-state index < -0.39 is 26.1 Å². The lowest BCUT2D eigenvalue weighted by atomic mass is 10.1. The van der Waals surface area contributed by atoms with Crippen molar-refractivity contribution in [2.24, 2.45) is 0 Å². The van der Waals surface area contributed by atoms with Crippen LogP contribution in [0.5, 0.6) is 0 Å². The molecule has 1 saturated heterocycles. The predicted octanol–water partition coefficient (Wildman–Crippen LogP) is 1.45. The lowest BCUT2D eigenvalue weighted by Gasteiger charge is -2.24. The third-order valence-electron chi connectivity index (χ3n) is 4.25. The smallest absolute Gasteiger partial charge is 0.214 e. The first-order valence-corrected chi connectivity index (χ1v) is 11.6. The zero-order chi connectivity index (χ0) is 18.2. The number of fused-ring (bicyclic) bond motifs is 1. The van der Waals surface area contributed by atoms with Gasteiger partial charge < -0.3 is 0 Å². The van der Waals surface area contributed by atoms with Crippen LogP contribution in [0.4, 0.5) is 0 Å². The van der Waals surface area contributed by atoms with E-state index >= 15 is 0 Å². The first-order chi connectivity index (χ1) is 11.7. The molecule has 0 aromatic heterocycles. The molecule has 1 heterocycles. The minimum atomic E-state index is -3.73. The van der Waals surface area contributed by atoms with Gasteiger partial charge in [0.05, 0.1) is 11.2 Å². The summed E-state index contributed by atoms with van der Waals surface area (Å²) in [6.45, 7) is 0.303. The van der Waals surface area contributed by atoms with Crippen LogP contribution in [-0.2, 0) is 20.0 Å². The molecule has 1 N–H and O–H groups in total. The van der Waals surface area contributed by atoms with Crippen molar-refractivity contribution in [3.05, 3.63) is 42.5 Å². The topological polar surface area (TPSA) is 83.6 Å². The minimum absolute atomic E-state index is 0.0443. The lowest BCUT2D eigenvalue weighted by Crippen LogP contribution is -2.42. The molecule has 3 rings (SSSR count). The highest BCUT2D eigenvalue weighted by atomic mass is 32.2. The number of nitrogens with zero attached hydrogens (tertiary/aromatic N) is 1. The van der Waals surface area contributed by atoms with Crippen molar-refractivity contribution in [3.8, 4) is 0 Å². The Morgan fingerprint density at radius 2 is 1.80 bits per heavy atom. The van der Waals surface area contributed by atoms with E-state index in [4.69, 9.17) is 0 Å². The van der Waals surface area contributed by atoms with Gasteiger partial charge in [0.1, 0.15) is 0 Å². The molecule has 0 spiro atoms. The van der Waals surface area contributed by atoms with E-state index in [1.54, 1.807) is 18.2 Å². The molecule has 25 heavy (non-hydrogen) atoms. The molecule has 0 amide bonds. The van der Waals surface area contributed by atoms with Gasteiger partial charge in [-0.15, -0.1) is 0 Å². The Bertz CT molecular complexity index is 989. The summed E-state index contributed by atoms with van der Waals surface area (Å²) >= 11 is 4.40. The minimum Gasteiger partial charge on any atom is -0.214 e. The van der Waals surface area contributed by atoms with E-state index in [1.165, 1.54) is 4.31 Å². The third kappa shape index (κ3) is 4.17. The van der Waals surface area contributed by atoms with Crippen LogP contribution in [0.1, 0.15) is 6.42 Å². The summed E-state index contributed by atoms with van der Waals surface area (Å²) in [4.78, 5) is 0.206. The Morgan fingerprint density at radius 1 is 1.12 bits per heavy atom. The molecule has 6 nitrogen and oxygen atoms in total. The number of hydrogen-bond acceptors (Lipinski definition) is 5. The molecule has 136 valence electrons. The molecule has 2 aromatic rings. The second-order valence-electron chi connectivity index (χ2n) is 6.25. The molecule has 2 unspecified atom stereocenters. The normalized spacial score (nSPS) is 22.5. The van der Waals surface area contributed by atoms with Gasteiger partial charge in [-0.05, 0) is 29.3 Å². The van der Waals surface area contributed by atoms with Crippen molar-refractivity contribution in [1.82, 2.24) is 9.03 Å². The van der Waals surface area contributed by atoms with Gasteiger partial charge in [0.15, 0.2) is 0 Å². The number of sulfonamides is 2. The molecule has 0 saturated carbocycles. The number of hydrogen-bond donors (Lipinski definition) is 2. The summed E-state index contributed by atoms with van der Waals surface area (Å²) in [6, 6.07) is 12.1. The summed E-state index contributed by atoms with van der Waals surface area (Å²) in [7, 11) is -7.12. The standard InChI is InChI=1S/C16H20N2O4S3/c1-24(19,20)17-10-14-9-15(23)11-18(14)25(21,22)16-7-6-12-4-2-3-5-13(12)8-16/h2-8,14-15,17,23H,9-11H2,1H3. The highest BCUT2D eigenvalue weighted by Gasteiger charge is 2.39. The van der Waals surface area contributed by atoms with Gasteiger partial charge in [0.2, 0.25) is 20.0 Å². The van der Waals surface area contributed by atoms with E-state index in [0.717, 1.165) is 17.0 Å². The quantitative estimate of drug-likeness (QED) is 0.744. The van der Waals surface area contributed by atoms with E-state index in [1.807, 2.05) is 24.3 Å². The zero-order valence-corrected chi connectivity index (χ0v) is 16.2. The lowest BCUT2D eigenvalue weighted by molar-refractivity contribution is 0.385. The van der Waals surface area contributed by atoms with E-state index in [0.29, 0.717) is 6.42 Å². The highest BCUT2D eigenvalue weighted by Crippen LogP contribution is 2.30. The summed E-state index contributed by atoms with van der Waals surface area (Å²) < 4.78 is 52.6. The summed E-state index contributed by atoms with van der Waals surface area (Å²) in [5.41, 5.74) is 0. The molecular formula is C16H20N2O4S3. The first-order valence-electron chi connectivity index (χ1n) is 7.80. The van der Waals surface area contributed by atoms with Crippen molar-refractivity contribution >= 4 is 43.4 Å². The predicted molar refractivity (Wildman–Crippen MR) is 102 cm³/mol. The second kappa shape index (κ2) is 6.88. The van der Waals surface area contributed by atoms with Gasteiger partial charge in [-0.2, -0.15) is 16.9 Å². The largest absolute Gasteiger partial charge is 0.243 e. The van der Waals surface area contributed by atoms with Gasteiger partial charge in [0.25, 0.3) is 0 Å². The maximum atomic E-state index is 13.1. The third-order valence-corrected chi connectivity index (χ3v) is 7.23. The van der Waals surface area contributed by atoms with Gasteiger partial charge in [-0.1, -0.05) is 30.3 Å². The Kier molecular flexibility index (Phi) is 5.13. The number of thiol groups is 1. The SMILES string of the molecule is CS(=O)(=O)NCC1CC(S)CN1S(=O)(=O)c1ccc2ccccc2c1. The number of rotatable bonds is 5. The van der Waals surface area contributed by atoms with Crippen LogP contribution >= 0.6 is 12.6 Å². The van der Waals surface area contributed by atoms with Crippen LogP contribution in [0.2, 0.25) is 0 Å².